The Hall–Kier alpha value is -1.84. The summed E-state index contributed by atoms with van der Waals surface area (Å²) in [7, 11) is 1.87. The van der Waals surface area contributed by atoms with Crippen molar-refractivity contribution >= 4 is 0 Å². The van der Waals surface area contributed by atoms with Gasteiger partial charge in [-0.3, -0.25) is 0 Å². The quantitative estimate of drug-likeness (QED) is 0.276. The summed E-state index contributed by atoms with van der Waals surface area (Å²) in [5.41, 5.74) is 9.62. The normalized spacial score (nSPS) is 50.4. The Bertz CT molecular complexity index is 1450. The zero-order valence-corrected chi connectivity index (χ0v) is 26.7. The number of aliphatic hydroxyl groups excluding tert-OH is 1. The second-order valence-corrected chi connectivity index (χ2v) is 17.1. The third kappa shape index (κ3) is 3.47. The van der Waals surface area contributed by atoms with Crippen LogP contribution < -0.4 is 5.73 Å². The predicted octanol–water partition coefficient (Wildman–Crippen LogP) is 6.43. The number of allylic oxidation sites excluding steroid dienone is 2. The Morgan fingerprint density at radius 2 is 1.84 bits per heavy atom. The van der Waals surface area contributed by atoms with Crippen LogP contribution in [0.15, 0.2) is 30.4 Å². The highest BCUT2D eigenvalue weighted by molar-refractivity contribution is 5.51. The van der Waals surface area contributed by atoms with E-state index in [0.717, 1.165) is 45.1 Å². The van der Waals surface area contributed by atoms with Crippen LogP contribution in [0.5, 0.6) is 5.75 Å². The van der Waals surface area contributed by atoms with Crippen LogP contribution in [0, 0.1) is 58.2 Å². The summed E-state index contributed by atoms with van der Waals surface area (Å²) in [6.07, 6.45) is 18.9. The van der Waals surface area contributed by atoms with Crippen molar-refractivity contribution in [1.82, 2.24) is 0 Å². The summed E-state index contributed by atoms with van der Waals surface area (Å²) in [5.74, 6) is 9.70. The molecule has 9 aliphatic rings. The number of methoxy groups -OCH3 is 1. The molecule has 12 unspecified atom stereocenters. The number of hydrogen-bond donors (Lipinski definition) is 3. The van der Waals surface area contributed by atoms with Crippen LogP contribution in [0.3, 0.4) is 0 Å². The van der Waals surface area contributed by atoms with Crippen molar-refractivity contribution in [2.45, 2.75) is 113 Å². The molecule has 44 heavy (non-hydrogen) atoms. The van der Waals surface area contributed by atoms with Gasteiger partial charge in [0.25, 0.3) is 0 Å². The van der Waals surface area contributed by atoms with Gasteiger partial charge in [-0.1, -0.05) is 42.9 Å². The fraction of sp³-hybridized carbons (Fsp3) is 0.744. The second-order valence-electron chi connectivity index (χ2n) is 17.1. The first-order valence-corrected chi connectivity index (χ1v) is 17.8. The van der Waals surface area contributed by atoms with Crippen molar-refractivity contribution < 1.29 is 19.7 Å². The van der Waals surface area contributed by atoms with Gasteiger partial charge in [-0.25, -0.2) is 0 Å². The number of fused-ring (bicyclic) bond motifs is 8. The molecule has 10 rings (SSSR count). The Balaban J connectivity index is 1.30. The van der Waals surface area contributed by atoms with E-state index in [9.17, 15) is 10.2 Å². The predicted molar refractivity (Wildman–Crippen MR) is 170 cm³/mol. The Morgan fingerprint density at radius 1 is 1.02 bits per heavy atom. The number of rotatable bonds is 3. The first kappa shape index (κ1) is 28.4. The zero-order chi connectivity index (χ0) is 30.1. The molecule has 7 aliphatic carbocycles. The van der Waals surface area contributed by atoms with Gasteiger partial charge in [0.15, 0.2) is 0 Å². The SMILES string of the molecule is COCC1CCC2(C)OC34CC15CCC(CO)C(N)(C25)C3C#CC1C=CC(c2ccc(O)cc21)C1CC4CC2(CCCC2)C1. The Morgan fingerprint density at radius 3 is 2.64 bits per heavy atom. The lowest BCUT2D eigenvalue weighted by Gasteiger charge is -2.80. The number of aromatic hydroxyl groups is 1. The Kier molecular flexibility index (Phi) is 6.05. The number of ether oxygens (including phenoxy) is 2. The monoisotopic (exact) mass is 597 g/mol. The van der Waals surface area contributed by atoms with Crippen molar-refractivity contribution in [3.8, 4) is 17.6 Å². The van der Waals surface area contributed by atoms with E-state index >= 15 is 0 Å². The van der Waals surface area contributed by atoms with Crippen molar-refractivity contribution in [3.63, 3.8) is 0 Å². The van der Waals surface area contributed by atoms with Gasteiger partial charge in [0, 0.05) is 43.6 Å². The van der Waals surface area contributed by atoms with Crippen LogP contribution in [0.4, 0.5) is 0 Å². The number of aliphatic hydroxyl groups is 1. The van der Waals surface area contributed by atoms with Crippen LogP contribution in [0.25, 0.3) is 0 Å². The summed E-state index contributed by atoms with van der Waals surface area (Å²) in [5, 5.41) is 21.7. The van der Waals surface area contributed by atoms with E-state index in [1.54, 1.807) is 0 Å². The maximum absolute atomic E-state index is 11.0. The van der Waals surface area contributed by atoms with Gasteiger partial charge in [0.2, 0.25) is 0 Å². The van der Waals surface area contributed by atoms with Gasteiger partial charge in [-0.15, -0.1) is 0 Å². The minimum absolute atomic E-state index is 0.0114. The molecule has 2 saturated heterocycles. The summed E-state index contributed by atoms with van der Waals surface area (Å²) in [6, 6.07) is 6.03. The lowest BCUT2D eigenvalue weighted by Crippen LogP contribution is -2.87. The highest BCUT2D eigenvalue weighted by Gasteiger charge is 2.81. The largest absolute Gasteiger partial charge is 0.508 e. The molecular formula is C39H51NO4. The molecule has 1 aromatic rings. The van der Waals surface area contributed by atoms with Crippen molar-refractivity contribution in [3.05, 3.63) is 41.5 Å². The second kappa shape index (κ2) is 9.37. The molecule has 1 aromatic carbocycles. The van der Waals surface area contributed by atoms with Crippen LogP contribution in [-0.4, -0.2) is 47.3 Å². The lowest BCUT2D eigenvalue weighted by atomic mass is 9.31. The molecule has 0 radical (unpaired) electrons. The van der Waals surface area contributed by atoms with E-state index in [0.29, 0.717) is 34.8 Å². The average molecular weight is 598 g/mol. The number of phenols is 1. The summed E-state index contributed by atoms with van der Waals surface area (Å²) >= 11 is 0. The molecule has 7 fully saturated rings. The van der Waals surface area contributed by atoms with Crippen LogP contribution in [0.2, 0.25) is 0 Å². The molecule has 0 amide bonds. The number of phenolic OH excluding ortho intramolecular Hbond substituents is 1. The molecule has 2 aliphatic heterocycles. The molecule has 5 nitrogen and oxygen atoms in total. The number of hydrogen-bond acceptors (Lipinski definition) is 5. The molecule has 0 aromatic heterocycles. The summed E-state index contributed by atoms with van der Waals surface area (Å²) < 4.78 is 13.8. The smallest absolute Gasteiger partial charge is 0.115 e. The maximum Gasteiger partial charge on any atom is 0.115 e. The molecule has 4 N–H and O–H groups in total. The van der Waals surface area contributed by atoms with E-state index in [1.165, 1.54) is 49.7 Å². The van der Waals surface area contributed by atoms with E-state index < -0.39 is 11.1 Å². The lowest BCUT2D eigenvalue weighted by molar-refractivity contribution is -0.395. The number of benzene rings is 1. The van der Waals surface area contributed by atoms with Gasteiger partial charge in [-0.2, -0.15) is 0 Å². The first-order chi connectivity index (χ1) is 21.2. The molecule has 9 bridgehead atoms. The summed E-state index contributed by atoms with van der Waals surface area (Å²) in [4.78, 5) is 0. The zero-order valence-electron chi connectivity index (χ0n) is 26.7. The van der Waals surface area contributed by atoms with Crippen LogP contribution >= 0.6 is 0 Å². The highest BCUT2D eigenvalue weighted by Crippen LogP contribution is 2.77. The van der Waals surface area contributed by atoms with E-state index in [-0.39, 0.29) is 41.3 Å². The first-order valence-electron chi connectivity index (χ1n) is 17.8. The van der Waals surface area contributed by atoms with Gasteiger partial charge in [0.1, 0.15) is 5.75 Å². The maximum atomic E-state index is 11.0. The third-order valence-electron chi connectivity index (χ3n) is 15.2. The fourth-order valence-electron chi connectivity index (χ4n) is 14.0. The van der Waals surface area contributed by atoms with E-state index in [1.807, 2.05) is 19.2 Å². The van der Waals surface area contributed by atoms with Crippen LogP contribution in [0.1, 0.15) is 107 Å². The number of nitrogens with two attached hydrogens (primary N) is 1. The molecule has 236 valence electrons. The van der Waals surface area contributed by atoms with Gasteiger partial charge in [0.05, 0.1) is 23.0 Å². The molecule has 2 heterocycles. The third-order valence-corrected chi connectivity index (χ3v) is 15.2. The van der Waals surface area contributed by atoms with Crippen molar-refractivity contribution in [2.75, 3.05) is 20.3 Å². The minimum atomic E-state index is -0.620. The Labute approximate surface area is 263 Å². The standard InChI is InChI=1S/C39H51NO4/c1-35-15-11-27(22-43-2)37-16-12-26(21-41)39(40,34(35)37)33-10-6-24-5-8-30(31-9-7-29(42)18-32(24)31)25-17-28(38(33,23-37)44-35)20-36(19-25)13-3-4-14-36/h5,7-9,18,24-28,30,33-34,41-42H,3-4,11-17,19-23,40H2,1-2H3. The molecule has 2 spiro atoms. The minimum Gasteiger partial charge on any atom is -0.508 e. The molecular weight excluding hydrogens is 546 g/mol. The van der Waals surface area contributed by atoms with Gasteiger partial charge < -0.3 is 25.4 Å². The topological polar surface area (TPSA) is 84.9 Å². The molecule has 12 atom stereocenters. The fourth-order valence-corrected chi connectivity index (χ4v) is 14.0. The average Bonchev–Trinajstić information content (AvgIpc) is 3.43. The van der Waals surface area contributed by atoms with Crippen molar-refractivity contribution in [1.29, 1.82) is 0 Å². The van der Waals surface area contributed by atoms with E-state index in [4.69, 9.17) is 15.2 Å². The molecule has 5 heteroatoms. The van der Waals surface area contributed by atoms with Gasteiger partial charge >= 0.3 is 0 Å². The van der Waals surface area contributed by atoms with Gasteiger partial charge in [-0.05, 0) is 123 Å². The molecule has 5 saturated carbocycles. The summed E-state index contributed by atoms with van der Waals surface area (Å²) in [6.45, 7) is 3.28. The van der Waals surface area contributed by atoms with Crippen molar-refractivity contribution in [2.24, 2.45) is 52.1 Å². The van der Waals surface area contributed by atoms with Crippen LogP contribution in [-0.2, 0) is 9.47 Å². The van der Waals surface area contributed by atoms with E-state index in [2.05, 4.69) is 37.0 Å². The highest BCUT2D eigenvalue weighted by atomic mass is 16.5.